The molecule has 2 heterocycles. The molecule has 0 amide bonds. The summed E-state index contributed by atoms with van der Waals surface area (Å²) in [5, 5.41) is 10.3. The molecule has 0 radical (unpaired) electrons. The van der Waals surface area contributed by atoms with Gasteiger partial charge in [-0.25, -0.2) is 18.4 Å². The molecular formula is C19H23N5O3S. The van der Waals surface area contributed by atoms with Crippen LogP contribution in [0.5, 0.6) is 5.75 Å². The maximum absolute atomic E-state index is 12.2. The molecule has 0 bridgehead atoms. The molecule has 2 aromatic heterocycles. The van der Waals surface area contributed by atoms with E-state index in [0.29, 0.717) is 35.2 Å². The summed E-state index contributed by atoms with van der Waals surface area (Å²) in [4.78, 5) is 9.09. The van der Waals surface area contributed by atoms with E-state index in [-0.39, 0.29) is 10.6 Å². The molecule has 28 heavy (non-hydrogen) atoms. The summed E-state index contributed by atoms with van der Waals surface area (Å²) in [5.74, 6) is 2.48. The summed E-state index contributed by atoms with van der Waals surface area (Å²) in [6.45, 7) is 5.53. The number of anilines is 2. The van der Waals surface area contributed by atoms with Crippen molar-refractivity contribution in [2.24, 2.45) is 0 Å². The van der Waals surface area contributed by atoms with Crippen LogP contribution >= 0.6 is 0 Å². The van der Waals surface area contributed by atoms with Crippen molar-refractivity contribution in [1.29, 1.82) is 0 Å². The minimum Gasteiger partial charge on any atom is -0.496 e. The Balaban J connectivity index is 1.89. The molecular weight excluding hydrogens is 378 g/mol. The molecule has 3 aromatic rings. The van der Waals surface area contributed by atoms with Gasteiger partial charge >= 0.3 is 0 Å². The zero-order chi connectivity index (χ0) is 20.3. The Bertz CT molecular complexity index is 1090. The van der Waals surface area contributed by atoms with E-state index in [0.717, 1.165) is 11.3 Å². The molecule has 0 aliphatic rings. The second-order valence-corrected chi connectivity index (χ2v) is 8.64. The van der Waals surface area contributed by atoms with Crippen LogP contribution in [0.25, 0.3) is 0 Å². The summed E-state index contributed by atoms with van der Waals surface area (Å²) >= 11 is 0. The van der Waals surface area contributed by atoms with E-state index < -0.39 is 9.84 Å². The Labute approximate surface area is 164 Å². The molecule has 0 aliphatic heterocycles. The van der Waals surface area contributed by atoms with Gasteiger partial charge in [0.1, 0.15) is 17.4 Å². The molecule has 0 saturated heterocycles. The Hall–Kier alpha value is -2.94. The Kier molecular flexibility index (Phi) is 5.64. The van der Waals surface area contributed by atoms with Gasteiger partial charge in [0.2, 0.25) is 0 Å². The fourth-order valence-corrected chi connectivity index (χ4v) is 3.64. The first-order valence-corrected chi connectivity index (χ1v) is 10.5. The van der Waals surface area contributed by atoms with E-state index in [4.69, 9.17) is 4.74 Å². The van der Waals surface area contributed by atoms with Gasteiger partial charge < -0.3 is 10.1 Å². The second-order valence-electron chi connectivity index (χ2n) is 6.36. The van der Waals surface area contributed by atoms with Crippen molar-refractivity contribution in [2.45, 2.75) is 32.1 Å². The number of ether oxygens (including phenoxy) is 1. The van der Waals surface area contributed by atoms with Gasteiger partial charge in [-0.1, -0.05) is 6.92 Å². The zero-order valence-corrected chi connectivity index (χ0v) is 17.1. The average Bonchev–Trinajstić information content (AvgIpc) is 3.00. The number of sulfone groups is 1. The molecule has 9 heteroatoms. The van der Waals surface area contributed by atoms with E-state index in [1.54, 1.807) is 44.5 Å². The Morgan fingerprint density at radius 1 is 1.21 bits per heavy atom. The molecule has 2 N–H and O–H groups in total. The lowest BCUT2D eigenvalue weighted by Crippen LogP contribution is -2.06. The first kappa shape index (κ1) is 19.8. The number of nitrogens with one attached hydrogen (secondary N) is 2. The molecule has 1 aromatic carbocycles. The van der Waals surface area contributed by atoms with Crippen molar-refractivity contribution in [3.05, 3.63) is 53.1 Å². The maximum atomic E-state index is 12.2. The van der Waals surface area contributed by atoms with Crippen LogP contribution in [-0.2, 0) is 16.3 Å². The molecule has 8 nitrogen and oxygen atoms in total. The molecule has 0 unspecified atom stereocenters. The van der Waals surface area contributed by atoms with E-state index >= 15 is 0 Å². The monoisotopic (exact) mass is 401 g/mol. The molecule has 0 saturated carbocycles. The minimum absolute atomic E-state index is 0.0388. The lowest BCUT2D eigenvalue weighted by atomic mass is 10.1. The van der Waals surface area contributed by atoms with Crippen molar-refractivity contribution in [1.82, 2.24) is 20.2 Å². The zero-order valence-electron chi connectivity index (χ0n) is 16.3. The lowest BCUT2D eigenvalue weighted by Gasteiger charge is -2.11. The maximum Gasteiger partial charge on any atom is 0.178 e. The third-order valence-corrected chi connectivity index (χ3v) is 6.28. The van der Waals surface area contributed by atoms with E-state index in [9.17, 15) is 8.42 Å². The highest BCUT2D eigenvalue weighted by Gasteiger charge is 2.16. The average molecular weight is 401 g/mol. The smallest absolute Gasteiger partial charge is 0.178 e. The fourth-order valence-electron chi connectivity index (χ4n) is 2.71. The number of nitrogens with zero attached hydrogens (tertiary/aromatic N) is 3. The molecule has 0 fully saturated rings. The molecule has 0 aliphatic carbocycles. The van der Waals surface area contributed by atoms with Gasteiger partial charge in [0.15, 0.2) is 15.7 Å². The number of hydrogen-bond acceptors (Lipinski definition) is 7. The third kappa shape index (κ3) is 4.14. The summed E-state index contributed by atoms with van der Waals surface area (Å²) in [5.41, 5.74) is 2.70. The number of benzene rings is 1. The highest BCUT2D eigenvalue weighted by molar-refractivity contribution is 7.91. The predicted molar refractivity (Wildman–Crippen MR) is 107 cm³/mol. The van der Waals surface area contributed by atoms with Crippen molar-refractivity contribution in [3.8, 4) is 5.75 Å². The van der Waals surface area contributed by atoms with Gasteiger partial charge in [-0.05, 0) is 38.1 Å². The van der Waals surface area contributed by atoms with Crippen molar-refractivity contribution in [3.63, 3.8) is 0 Å². The number of rotatable bonds is 7. The fraction of sp³-hybridized carbons (Fsp3) is 0.316. The van der Waals surface area contributed by atoms with Crippen LogP contribution in [0.4, 0.5) is 11.6 Å². The summed E-state index contributed by atoms with van der Waals surface area (Å²) in [7, 11) is -1.76. The van der Waals surface area contributed by atoms with Crippen LogP contribution in [0.15, 0.2) is 35.4 Å². The van der Waals surface area contributed by atoms with Gasteiger partial charge in [-0.15, -0.1) is 0 Å². The van der Waals surface area contributed by atoms with Crippen LogP contribution in [0.1, 0.15) is 29.6 Å². The number of methoxy groups -OCH3 is 1. The van der Waals surface area contributed by atoms with Crippen LogP contribution in [0, 0.1) is 13.8 Å². The van der Waals surface area contributed by atoms with Crippen LogP contribution in [0.3, 0.4) is 0 Å². The number of H-pyrrole nitrogens is 1. The highest BCUT2D eigenvalue weighted by atomic mass is 32.2. The van der Waals surface area contributed by atoms with Gasteiger partial charge in [0.05, 0.1) is 17.8 Å². The predicted octanol–water partition coefficient (Wildman–Crippen LogP) is 2.95. The molecule has 3 rings (SSSR count). The number of hydrogen-bond donors (Lipinski definition) is 2. The molecule has 148 valence electrons. The highest BCUT2D eigenvalue weighted by Crippen LogP contribution is 2.25. The standard InChI is InChI=1S/C19H23N5O3S/c1-5-28(25,26)15-6-7-16(27-4)14(10-15)11-18-20-9-8-17(21-18)22-19-12(2)13(3)23-24-19/h6-10H,5,11H2,1-4H3,(H2,20,21,22,23,24). The lowest BCUT2D eigenvalue weighted by molar-refractivity contribution is 0.410. The Morgan fingerprint density at radius 2 is 2.00 bits per heavy atom. The topological polar surface area (TPSA) is 110 Å². The normalized spacial score (nSPS) is 11.4. The van der Waals surface area contributed by atoms with E-state index in [2.05, 4.69) is 25.5 Å². The second kappa shape index (κ2) is 7.97. The van der Waals surface area contributed by atoms with Crippen molar-refractivity contribution >= 4 is 21.5 Å². The Morgan fingerprint density at radius 3 is 2.64 bits per heavy atom. The van der Waals surface area contributed by atoms with Gasteiger partial charge in [-0.2, -0.15) is 5.10 Å². The SMILES string of the molecule is CCS(=O)(=O)c1ccc(OC)c(Cc2nccc(Nc3n[nH]c(C)c3C)n2)c1. The van der Waals surface area contributed by atoms with Crippen molar-refractivity contribution < 1.29 is 13.2 Å². The summed E-state index contributed by atoms with van der Waals surface area (Å²) in [6.07, 6.45) is 1.99. The van der Waals surface area contributed by atoms with E-state index in [1.807, 2.05) is 13.8 Å². The first-order valence-electron chi connectivity index (χ1n) is 8.84. The van der Waals surface area contributed by atoms with Gasteiger partial charge in [0.25, 0.3) is 0 Å². The molecule has 0 atom stereocenters. The number of aromatic amines is 1. The van der Waals surface area contributed by atoms with Crippen LogP contribution in [-0.4, -0.2) is 41.4 Å². The number of aryl methyl sites for hydroxylation is 1. The van der Waals surface area contributed by atoms with Crippen LogP contribution in [0.2, 0.25) is 0 Å². The summed E-state index contributed by atoms with van der Waals surface area (Å²) < 4.78 is 29.8. The third-order valence-electron chi connectivity index (χ3n) is 4.54. The van der Waals surface area contributed by atoms with Gasteiger partial charge in [0, 0.05) is 29.4 Å². The van der Waals surface area contributed by atoms with Crippen LogP contribution < -0.4 is 10.1 Å². The number of aromatic nitrogens is 4. The quantitative estimate of drug-likeness (QED) is 0.626. The van der Waals surface area contributed by atoms with Gasteiger partial charge in [-0.3, -0.25) is 5.10 Å². The minimum atomic E-state index is -3.31. The summed E-state index contributed by atoms with van der Waals surface area (Å²) in [6, 6.07) is 6.60. The largest absolute Gasteiger partial charge is 0.496 e. The first-order chi connectivity index (χ1) is 13.3. The molecule has 0 spiro atoms. The van der Waals surface area contributed by atoms with Crippen molar-refractivity contribution in [2.75, 3.05) is 18.2 Å². The van der Waals surface area contributed by atoms with E-state index in [1.165, 1.54) is 0 Å².